The van der Waals surface area contributed by atoms with Crippen LogP contribution in [0.15, 0.2) is 0 Å². The molecule has 1 aliphatic heterocycles. The molecule has 1 saturated heterocycles. The van der Waals surface area contributed by atoms with Gasteiger partial charge in [0, 0.05) is 33.0 Å². The van der Waals surface area contributed by atoms with Gasteiger partial charge in [-0.05, 0) is 24.7 Å². The summed E-state index contributed by atoms with van der Waals surface area (Å²) < 4.78 is 0. The number of nitrogens with zero attached hydrogens (tertiary/aromatic N) is 1. The van der Waals surface area contributed by atoms with E-state index in [0.717, 1.165) is 25.9 Å². The summed E-state index contributed by atoms with van der Waals surface area (Å²) in [5.41, 5.74) is 5.07. The lowest BCUT2D eigenvalue weighted by atomic mass is 9.96. The first kappa shape index (κ1) is 16.5. The van der Waals surface area contributed by atoms with Crippen LogP contribution in [0, 0.1) is 18.3 Å². The molecular weight excluding hydrogens is 258 g/mol. The Morgan fingerprint density at radius 1 is 1.35 bits per heavy atom. The maximum atomic E-state index is 11.7. The van der Waals surface area contributed by atoms with Crippen molar-refractivity contribution in [3.05, 3.63) is 6.42 Å². The zero-order valence-electron chi connectivity index (χ0n) is 12.2. The lowest BCUT2D eigenvalue weighted by Gasteiger charge is -2.31. The summed E-state index contributed by atoms with van der Waals surface area (Å²) >= 11 is 0. The van der Waals surface area contributed by atoms with Crippen molar-refractivity contribution in [3.8, 4) is 0 Å². The lowest BCUT2D eigenvalue weighted by Crippen LogP contribution is -2.40. The second kappa shape index (κ2) is 7.87. The first-order valence-electron chi connectivity index (χ1n) is 7.05. The summed E-state index contributed by atoms with van der Waals surface area (Å²) in [6.45, 7) is 5.51. The molecule has 1 radical (unpaired) electrons. The van der Waals surface area contributed by atoms with Crippen LogP contribution in [0.3, 0.4) is 0 Å². The summed E-state index contributed by atoms with van der Waals surface area (Å²) in [6.07, 6.45) is 3.51. The van der Waals surface area contributed by atoms with Gasteiger partial charge in [0.05, 0.1) is 6.42 Å². The van der Waals surface area contributed by atoms with Gasteiger partial charge < -0.3 is 16.0 Å². The Balaban J connectivity index is 2.19. The topological polar surface area (TPSA) is 92.5 Å². The van der Waals surface area contributed by atoms with Gasteiger partial charge >= 0.3 is 0 Å². The average molecular weight is 282 g/mol. The molecule has 20 heavy (non-hydrogen) atoms. The average Bonchev–Trinajstić information content (AvgIpc) is 2.35. The third-order valence-corrected chi connectivity index (χ3v) is 3.58. The summed E-state index contributed by atoms with van der Waals surface area (Å²) in [5, 5.41) is 2.85. The predicted molar refractivity (Wildman–Crippen MR) is 75.3 cm³/mol. The Labute approximate surface area is 120 Å². The highest BCUT2D eigenvalue weighted by molar-refractivity contribution is 5.86. The summed E-state index contributed by atoms with van der Waals surface area (Å²) in [5.74, 6) is -0.187. The van der Waals surface area contributed by atoms with Crippen LogP contribution < -0.4 is 11.1 Å². The van der Waals surface area contributed by atoms with E-state index in [1.807, 2.05) is 4.90 Å². The number of hydrogen-bond donors (Lipinski definition) is 2. The molecule has 3 amide bonds. The molecule has 1 fully saturated rings. The fourth-order valence-corrected chi connectivity index (χ4v) is 2.39. The molecule has 0 aromatic rings. The largest absolute Gasteiger partial charge is 0.370 e. The van der Waals surface area contributed by atoms with Crippen molar-refractivity contribution < 1.29 is 14.4 Å². The van der Waals surface area contributed by atoms with Gasteiger partial charge in [-0.2, -0.15) is 0 Å². The molecule has 1 atom stereocenters. The number of nitrogens with two attached hydrogens (primary N) is 1. The van der Waals surface area contributed by atoms with Crippen molar-refractivity contribution in [1.29, 1.82) is 0 Å². The van der Waals surface area contributed by atoms with Crippen molar-refractivity contribution in [2.45, 2.75) is 33.1 Å². The van der Waals surface area contributed by atoms with Gasteiger partial charge in [0.15, 0.2) is 0 Å². The molecule has 6 heteroatoms. The van der Waals surface area contributed by atoms with Crippen LogP contribution in [0.1, 0.15) is 33.1 Å². The van der Waals surface area contributed by atoms with E-state index in [1.54, 1.807) is 13.8 Å². The fraction of sp³-hybridized carbons (Fsp3) is 0.714. The number of carbonyl (C=O) groups excluding carboxylic acids is 3. The molecule has 3 N–H and O–H groups in total. The van der Waals surface area contributed by atoms with Crippen LogP contribution in [0.25, 0.3) is 0 Å². The predicted octanol–water partition coefficient (Wildman–Crippen LogP) is 0.0769. The number of amides is 3. The van der Waals surface area contributed by atoms with Crippen molar-refractivity contribution in [2.24, 2.45) is 17.6 Å². The molecule has 1 heterocycles. The van der Waals surface area contributed by atoms with Crippen molar-refractivity contribution in [2.75, 3.05) is 19.6 Å². The molecule has 0 aliphatic carbocycles. The van der Waals surface area contributed by atoms with Gasteiger partial charge in [-0.1, -0.05) is 6.92 Å². The van der Waals surface area contributed by atoms with E-state index in [9.17, 15) is 14.4 Å². The minimum absolute atomic E-state index is 0.112. The van der Waals surface area contributed by atoms with Crippen LogP contribution in [-0.4, -0.2) is 42.3 Å². The first-order valence-corrected chi connectivity index (χ1v) is 7.05. The third-order valence-electron chi connectivity index (χ3n) is 3.58. The summed E-state index contributed by atoms with van der Waals surface area (Å²) in [7, 11) is 0. The van der Waals surface area contributed by atoms with Gasteiger partial charge in [-0.3, -0.25) is 14.4 Å². The van der Waals surface area contributed by atoms with Crippen LogP contribution in [0.2, 0.25) is 0 Å². The van der Waals surface area contributed by atoms with E-state index < -0.39 is 5.91 Å². The Morgan fingerprint density at radius 2 is 1.95 bits per heavy atom. The normalized spacial score (nSPS) is 17.6. The van der Waals surface area contributed by atoms with E-state index in [4.69, 9.17) is 5.73 Å². The van der Waals surface area contributed by atoms with E-state index in [0.29, 0.717) is 12.5 Å². The number of piperidine rings is 1. The maximum absolute atomic E-state index is 11.7. The minimum Gasteiger partial charge on any atom is -0.370 e. The van der Waals surface area contributed by atoms with Crippen molar-refractivity contribution in [1.82, 2.24) is 10.2 Å². The summed E-state index contributed by atoms with van der Waals surface area (Å²) in [6, 6.07) is 0. The molecule has 0 unspecified atom stereocenters. The van der Waals surface area contributed by atoms with Crippen LogP contribution in [0.5, 0.6) is 0 Å². The molecule has 6 nitrogen and oxygen atoms in total. The second-order valence-electron chi connectivity index (χ2n) is 5.51. The van der Waals surface area contributed by atoms with Gasteiger partial charge in [0.1, 0.15) is 0 Å². The van der Waals surface area contributed by atoms with Crippen molar-refractivity contribution in [3.63, 3.8) is 0 Å². The van der Waals surface area contributed by atoms with Crippen LogP contribution in [0.4, 0.5) is 0 Å². The third kappa shape index (κ3) is 6.04. The smallest absolute Gasteiger partial charge is 0.224 e. The standard InChI is InChI=1S/C14H24N3O3/c1-10(7-13(15)19)8-14(20)16-9-12-3-5-17(6-4-12)11(2)18/h8,10,12H,3-7,9H2,1-2H3,(H2,15,19)(H,16,20)/t10-/m1/s1. The molecular formula is C14H24N3O3. The van der Waals surface area contributed by atoms with E-state index in [2.05, 4.69) is 5.32 Å². The Hall–Kier alpha value is -1.59. The Bertz CT molecular complexity index is 363. The number of primary amides is 1. The zero-order chi connectivity index (χ0) is 15.1. The SMILES string of the molecule is CC(=O)N1CCC(CNC(=O)[CH][C@H](C)CC(N)=O)CC1. The monoisotopic (exact) mass is 282 g/mol. The quantitative estimate of drug-likeness (QED) is 0.722. The fourth-order valence-electron chi connectivity index (χ4n) is 2.39. The lowest BCUT2D eigenvalue weighted by molar-refractivity contribution is -0.130. The van der Waals surface area contributed by atoms with Crippen molar-refractivity contribution >= 4 is 17.7 Å². The van der Waals surface area contributed by atoms with Gasteiger partial charge in [0.2, 0.25) is 17.7 Å². The van der Waals surface area contributed by atoms with Crippen LogP contribution >= 0.6 is 0 Å². The number of likely N-dealkylation sites (tertiary alicyclic amines) is 1. The first-order chi connectivity index (χ1) is 9.38. The number of hydrogen-bond acceptors (Lipinski definition) is 3. The maximum Gasteiger partial charge on any atom is 0.224 e. The highest BCUT2D eigenvalue weighted by Gasteiger charge is 2.21. The van der Waals surface area contributed by atoms with E-state index >= 15 is 0 Å². The van der Waals surface area contributed by atoms with Crippen LogP contribution in [-0.2, 0) is 14.4 Å². The molecule has 0 spiro atoms. The number of nitrogens with one attached hydrogen (secondary N) is 1. The molecule has 0 aromatic carbocycles. The minimum atomic E-state index is -0.404. The summed E-state index contributed by atoms with van der Waals surface area (Å²) in [4.78, 5) is 35.4. The molecule has 0 bridgehead atoms. The number of carbonyl (C=O) groups is 3. The highest BCUT2D eigenvalue weighted by Crippen LogP contribution is 2.16. The zero-order valence-corrected chi connectivity index (χ0v) is 12.2. The number of rotatable bonds is 6. The molecule has 1 aliphatic rings. The molecule has 1 rings (SSSR count). The Morgan fingerprint density at radius 3 is 2.45 bits per heavy atom. The van der Waals surface area contributed by atoms with Gasteiger partial charge in [0.25, 0.3) is 0 Å². The highest BCUT2D eigenvalue weighted by atomic mass is 16.2. The molecule has 0 aromatic heterocycles. The van der Waals surface area contributed by atoms with E-state index in [-0.39, 0.29) is 24.2 Å². The Kier molecular flexibility index (Phi) is 6.48. The van der Waals surface area contributed by atoms with E-state index in [1.165, 1.54) is 6.42 Å². The molecule has 113 valence electrons. The second-order valence-corrected chi connectivity index (χ2v) is 5.51. The molecule has 0 saturated carbocycles. The van der Waals surface area contributed by atoms with Gasteiger partial charge in [-0.15, -0.1) is 0 Å². The van der Waals surface area contributed by atoms with Gasteiger partial charge in [-0.25, -0.2) is 0 Å².